The normalized spacial score (nSPS) is 11.8. The first kappa shape index (κ1) is 17.7. The Kier molecular flexibility index (Phi) is 6.12. The molecule has 6 nitrogen and oxygen atoms in total. The summed E-state index contributed by atoms with van der Waals surface area (Å²) in [5.41, 5.74) is 2.75. The van der Waals surface area contributed by atoms with Crippen LogP contribution < -0.4 is 10.6 Å². The molecule has 1 aromatic carbocycles. The van der Waals surface area contributed by atoms with Crippen molar-refractivity contribution in [1.29, 1.82) is 0 Å². The van der Waals surface area contributed by atoms with Gasteiger partial charge < -0.3 is 10.6 Å². The fourth-order valence-electron chi connectivity index (χ4n) is 2.16. The molecule has 2 rings (SSSR count). The van der Waals surface area contributed by atoms with E-state index in [1.165, 1.54) is 0 Å². The van der Waals surface area contributed by atoms with Crippen LogP contribution >= 0.6 is 0 Å². The Balaban J connectivity index is 1.96. The summed E-state index contributed by atoms with van der Waals surface area (Å²) in [4.78, 5) is 24.2. The summed E-state index contributed by atoms with van der Waals surface area (Å²) < 4.78 is 0. The maximum atomic E-state index is 12.1. The number of aromatic amines is 1. The van der Waals surface area contributed by atoms with Crippen LogP contribution in [0.25, 0.3) is 0 Å². The molecular formula is C18H24N4O2. The van der Waals surface area contributed by atoms with Crippen LogP contribution in [0.2, 0.25) is 0 Å². The SMILES string of the molecule is CCc1cc(C(=O)NCc2cccc(C(=O)NC(C)CC)c2)n[nH]1. The van der Waals surface area contributed by atoms with E-state index in [0.29, 0.717) is 17.8 Å². The van der Waals surface area contributed by atoms with Crippen LogP contribution in [0.4, 0.5) is 0 Å². The number of rotatable bonds is 7. The molecule has 0 bridgehead atoms. The molecule has 0 saturated carbocycles. The van der Waals surface area contributed by atoms with Crippen molar-refractivity contribution in [2.24, 2.45) is 0 Å². The van der Waals surface area contributed by atoms with E-state index in [0.717, 1.165) is 24.1 Å². The highest BCUT2D eigenvalue weighted by atomic mass is 16.2. The number of aromatic nitrogens is 2. The molecule has 128 valence electrons. The Morgan fingerprint density at radius 1 is 1.21 bits per heavy atom. The molecule has 2 amide bonds. The van der Waals surface area contributed by atoms with Gasteiger partial charge in [0.15, 0.2) is 0 Å². The Labute approximate surface area is 142 Å². The second-order valence-electron chi connectivity index (χ2n) is 5.80. The third-order valence-electron chi connectivity index (χ3n) is 3.88. The smallest absolute Gasteiger partial charge is 0.272 e. The first-order valence-electron chi connectivity index (χ1n) is 8.25. The van der Waals surface area contributed by atoms with Crippen molar-refractivity contribution in [3.8, 4) is 0 Å². The van der Waals surface area contributed by atoms with E-state index in [-0.39, 0.29) is 17.9 Å². The van der Waals surface area contributed by atoms with Crippen molar-refractivity contribution in [2.75, 3.05) is 0 Å². The van der Waals surface area contributed by atoms with Crippen LogP contribution in [0.3, 0.4) is 0 Å². The molecule has 1 aromatic heterocycles. The van der Waals surface area contributed by atoms with Gasteiger partial charge in [-0.3, -0.25) is 14.7 Å². The molecule has 0 aliphatic carbocycles. The average molecular weight is 328 g/mol. The van der Waals surface area contributed by atoms with Crippen molar-refractivity contribution in [3.05, 3.63) is 52.8 Å². The van der Waals surface area contributed by atoms with Gasteiger partial charge >= 0.3 is 0 Å². The predicted octanol–water partition coefficient (Wildman–Crippen LogP) is 2.43. The molecule has 6 heteroatoms. The number of nitrogens with zero attached hydrogens (tertiary/aromatic N) is 1. The van der Waals surface area contributed by atoms with Gasteiger partial charge in [-0.15, -0.1) is 0 Å². The van der Waals surface area contributed by atoms with Gasteiger partial charge in [-0.25, -0.2) is 0 Å². The van der Waals surface area contributed by atoms with Crippen molar-refractivity contribution in [2.45, 2.75) is 46.2 Å². The molecule has 24 heavy (non-hydrogen) atoms. The number of nitrogens with one attached hydrogen (secondary N) is 3. The molecular weight excluding hydrogens is 304 g/mol. The van der Waals surface area contributed by atoms with Crippen molar-refractivity contribution < 1.29 is 9.59 Å². The third kappa shape index (κ3) is 4.68. The van der Waals surface area contributed by atoms with E-state index in [9.17, 15) is 9.59 Å². The zero-order valence-electron chi connectivity index (χ0n) is 14.3. The second-order valence-corrected chi connectivity index (χ2v) is 5.80. The number of hydrogen-bond acceptors (Lipinski definition) is 3. The standard InChI is InChI=1S/C18H24N4O2/c1-4-12(3)20-17(23)14-8-6-7-13(9-14)11-19-18(24)16-10-15(5-2)21-22-16/h6-10,12H,4-5,11H2,1-3H3,(H,19,24)(H,20,23)(H,21,22). The Morgan fingerprint density at radius 2 is 2.00 bits per heavy atom. The van der Waals surface area contributed by atoms with Crippen LogP contribution in [0.5, 0.6) is 0 Å². The Bertz CT molecular complexity index is 709. The zero-order chi connectivity index (χ0) is 17.5. The van der Waals surface area contributed by atoms with E-state index in [4.69, 9.17) is 0 Å². The summed E-state index contributed by atoms with van der Waals surface area (Å²) in [7, 11) is 0. The quantitative estimate of drug-likeness (QED) is 0.729. The number of H-pyrrole nitrogens is 1. The fraction of sp³-hybridized carbons (Fsp3) is 0.389. The average Bonchev–Trinajstić information content (AvgIpc) is 3.09. The minimum absolute atomic E-state index is 0.0996. The van der Waals surface area contributed by atoms with Gasteiger partial charge in [0.25, 0.3) is 11.8 Å². The first-order chi connectivity index (χ1) is 11.5. The van der Waals surface area contributed by atoms with Crippen LogP contribution in [0, 0.1) is 0 Å². The lowest BCUT2D eigenvalue weighted by Crippen LogP contribution is -2.32. The van der Waals surface area contributed by atoms with Gasteiger partial charge in [-0.05, 0) is 43.5 Å². The number of carbonyl (C=O) groups is 2. The lowest BCUT2D eigenvalue weighted by atomic mass is 10.1. The highest BCUT2D eigenvalue weighted by Crippen LogP contribution is 2.07. The largest absolute Gasteiger partial charge is 0.350 e. The minimum atomic E-state index is -0.236. The van der Waals surface area contributed by atoms with Gasteiger partial charge in [0, 0.05) is 23.8 Å². The number of hydrogen-bond donors (Lipinski definition) is 3. The van der Waals surface area contributed by atoms with E-state index >= 15 is 0 Å². The number of aryl methyl sites for hydroxylation is 1. The van der Waals surface area contributed by atoms with E-state index in [1.807, 2.05) is 32.9 Å². The number of benzene rings is 1. The first-order valence-corrected chi connectivity index (χ1v) is 8.25. The maximum absolute atomic E-state index is 12.1. The molecule has 0 aliphatic rings. The predicted molar refractivity (Wildman–Crippen MR) is 92.8 cm³/mol. The monoisotopic (exact) mass is 328 g/mol. The Morgan fingerprint density at radius 3 is 2.67 bits per heavy atom. The third-order valence-corrected chi connectivity index (χ3v) is 3.88. The second kappa shape index (κ2) is 8.29. The van der Waals surface area contributed by atoms with Crippen molar-refractivity contribution in [1.82, 2.24) is 20.8 Å². The summed E-state index contributed by atoms with van der Waals surface area (Å²) in [5.74, 6) is -0.335. The lowest BCUT2D eigenvalue weighted by molar-refractivity contribution is 0.0935. The fourth-order valence-corrected chi connectivity index (χ4v) is 2.16. The summed E-state index contributed by atoms with van der Waals surface area (Å²) in [6, 6.07) is 9.13. The van der Waals surface area contributed by atoms with Crippen LogP contribution in [-0.2, 0) is 13.0 Å². The molecule has 0 radical (unpaired) electrons. The molecule has 2 aromatic rings. The van der Waals surface area contributed by atoms with Crippen LogP contribution in [0.1, 0.15) is 59.3 Å². The summed E-state index contributed by atoms with van der Waals surface area (Å²) in [5, 5.41) is 12.6. The van der Waals surface area contributed by atoms with Crippen molar-refractivity contribution in [3.63, 3.8) is 0 Å². The topological polar surface area (TPSA) is 86.9 Å². The van der Waals surface area contributed by atoms with E-state index in [1.54, 1.807) is 18.2 Å². The maximum Gasteiger partial charge on any atom is 0.272 e. The van der Waals surface area contributed by atoms with Gasteiger partial charge in [-0.1, -0.05) is 26.0 Å². The number of carbonyl (C=O) groups excluding carboxylic acids is 2. The molecule has 3 N–H and O–H groups in total. The van der Waals surface area contributed by atoms with Gasteiger partial charge in [-0.2, -0.15) is 5.10 Å². The zero-order valence-corrected chi connectivity index (χ0v) is 14.3. The van der Waals surface area contributed by atoms with E-state index < -0.39 is 0 Å². The van der Waals surface area contributed by atoms with Crippen LogP contribution in [0.15, 0.2) is 30.3 Å². The molecule has 0 aliphatic heterocycles. The molecule has 0 spiro atoms. The summed E-state index contributed by atoms with van der Waals surface area (Å²) in [6.45, 7) is 6.33. The molecule has 1 atom stereocenters. The highest BCUT2D eigenvalue weighted by Gasteiger charge is 2.11. The molecule has 0 fully saturated rings. The summed E-state index contributed by atoms with van der Waals surface area (Å²) >= 11 is 0. The Hall–Kier alpha value is -2.63. The van der Waals surface area contributed by atoms with Crippen LogP contribution in [-0.4, -0.2) is 28.1 Å². The molecule has 1 heterocycles. The minimum Gasteiger partial charge on any atom is -0.350 e. The number of amides is 2. The molecule has 1 unspecified atom stereocenters. The van der Waals surface area contributed by atoms with Gasteiger partial charge in [0.05, 0.1) is 0 Å². The van der Waals surface area contributed by atoms with Gasteiger partial charge in [0.2, 0.25) is 0 Å². The van der Waals surface area contributed by atoms with E-state index in [2.05, 4.69) is 20.8 Å². The highest BCUT2D eigenvalue weighted by molar-refractivity contribution is 5.94. The van der Waals surface area contributed by atoms with Crippen molar-refractivity contribution >= 4 is 11.8 Å². The summed E-state index contributed by atoms with van der Waals surface area (Å²) in [6.07, 6.45) is 1.68. The lowest BCUT2D eigenvalue weighted by Gasteiger charge is -2.12. The molecule has 0 saturated heterocycles. The van der Waals surface area contributed by atoms with Gasteiger partial charge in [0.1, 0.15) is 5.69 Å².